The molecule has 1 atom stereocenters. The third kappa shape index (κ3) is 5.74. The summed E-state index contributed by atoms with van der Waals surface area (Å²) in [5, 5.41) is 11.7. The van der Waals surface area contributed by atoms with E-state index in [2.05, 4.69) is 23.7 Å². The van der Waals surface area contributed by atoms with E-state index in [-0.39, 0.29) is 11.3 Å². The first kappa shape index (κ1) is 28.1. The zero-order chi connectivity index (χ0) is 28.9. The Morgan fingerprint density at radius 3 is 2.39 bits per heavy atom. The number of aliphatic hydroxyl groups excluding tert-OH is 1. The topological polar surface area (TPSA) is 87.4 Å². The fourth-order valence-electron chi connectivity index (χ4n) is 5.48. The number of fused-ring (bicyclic) bond motifs is 1. The fourth-order valence-corrected chi connectivity index (χ4v) is 5.48. The summed E-state index contributed by atoms with van der Waals surface area (Å²) in [5.74, 6) is -0.842. The summed E-state index contributed by atoms with van der Waals surface area (Å²) in [6, 6.07) is 22.1. The van der Waals surface area contributed by atoms with E-state index in [0.717, 1.165) is 30.8 Å². The lowest BCUT2D eigenvalue weighted by Crippen LogP contribution is -2.33. The number of hydrogen-bond acceptors (Lipinski definition) is 6. The summed E-state index contributed by atoms with van der Waals surface area (Å²) in [7, 11) is 0. The Balaban J connectivity index is 1.51. The second-order valence-corrected chi connectivity index (χ2v) is 10.2. The number of carbonyl (C=O) groups is 2. The minimum absolute atomic E-state index is 0.0737. The van der Waals surface area contributed by atoms with Gasteiger partial charge in [-0.2, -0.15) is 0 Å². The van der Waals surface area contributed by atoms with E-state index < -0.39 is 17.7 Å². The number of aromatic nitrogens is 2. The standard InChI is InChI=1S/C33H36N4O4/c1-4-35(5-2)19-11-21-37-30(25-15-17-26(18-16-25)41-22-24-12-7-6-8-13-24)28(32(39)33(37)40)31(38)29-23(3)34-27-14-9-10-20-36(27)29/h6-10,12-18,20,30,38H,4-5,11,19,21-22H2,1-3H3. The number of nitrogens with zero attached hydrogens (tertiary/aromatic N) is 4. The van der Waals surface area contributed by atoms with E-state index in [0.29, 0.717) is 42.4 Å². The molecule has 1 amide bonds. The fraction of sp³-hybridized carbons (Fsp3) is 0.303. The molecule has 2 aromatic carbocycles. The SMILES string of the molecule is CCN(CC)CCCN1C(=O)C(=O)C(=C(O)c2c(C)nc3ccccn23)C1c1ccc(OCc2ccccc2)cc1. The summed E-state index contributed by atoms with van der Waals surface area (Å²) < 4.78 is 7.71. The number of ether oxygens (including phenoxy) is 1. The predicted molar refractivity (Wildman–Crippen MR) is 159 cm³/mol. The van der Waals surface area contributed by atoms with Crippen LogP contribution in [0.15, 0.2) is 84.6 Å². The lowest BCUT2D eigenvalue weighted by molar-refractivity contribution is -0.140. The van der Waals surface area contributed by atoms with E-state index in [9.17, 15) is 14.7 Å². The minimum Gasteiger partial charge on any atom is -0.505 e. The predicted octanol–water partition coefficient (Wildman–Crippen LogP) is 5.38. The average Bonchev–Trinajstić information content (AvgIpc) is 3.47. The lowest BCUT2D eigenvalue weighted by Gasteiger charge is -2.27. The van der Waals surface area contributed by atoms with E-state index in [4.69, 9.17) is 4.74 Å². The molecule has 8 nitrogen and oxygen atoms in total. The van der Waals surface area contributed by atoms with Crippen molar-refractivity contribution in [2.75, 3.05) is 26.2 Å². The van der Waals surface area contributed by atoms with Crippen LogP contribution in [0.1, 0.15) is 48.8 Å². The van der Waals surface area contributed by atoms with Gasteiger partial charge in [-0.1, -0.05) is 62.4 Å². The summed E-state index contributed by atoms with van der Waals surface area (Å²) in [6.07, 6.45) is 2.50. The van der Waals surface area contributed by atoms with Crippen molar-refractivity contribution >= 4 is 23.1 Å². The zero-order valence-electron chi connectivity index (χ0n) is 23.8. The van der Waals surface area contributed by atoms with Crippen LogP contribution in [0.25, 0.3) is 11.4 Å². The molecule has 5 rings (SSSR count). The van der Waals surface area contributed by atoms with Crippen molar-refractivity contribution in [3.8, 4) is 5.75 Å². The molecule has 41 heavy (non-hydrogen) atoms. The number of ketones is 1. The molecule has 0 aliphatic carbocycles. The molecule has 0 spiro atoms. The molecule has 3 heterocycles. The van der Waals surface area contributed by atoms with Gasteiger partial charge in [0.2, 0.25) is 0 Å². The average molecular weight is 553 g/mol. The Labute approximate surface area is 240 Å². The molecule has 0 saturated carbocycles. The maximum Gasteiger partial charge on any atom is 0.295 e. The van der Waals surface area contributed by atoms with Crippen molar-refractivity contribution in [2.24, 2.45) is 0 Å². The van der Waals surface area contributed by atoms with Crippen LogP contribution in [-0.4, -0.2) is 62.2 Å². The van der Waals surface area contributed by atoms with Crippen molar-refractivity contribution in [1.82, 2.24) is 19.2 Å². The van der Waals surface area contributed by atoms with Gasteiger partial charge < -0.3 is 19.6 Å². The monoisotopic (exact) mass is 552 g/mol. The minimum atomic E-state index is -0.733. The summed E-state index contributed by atoms with van der Waals surface area (Å²) in [5.41, 5.74) is 3.49. The van der Waals surface area contributed by atoms with Gasteiger partial charge in [0, 0.05) is 12.7 Å². The van der Waals surface area contributed by atoms with Gasteiger partial charge in [-0.25, -0.2) is 4.98 Å². The van der Waals surface area contributed by atoms with E-state index in [1.165, 1.54) is 0 Å². The molecule has 1 aliphatic rings. The Hall–Kier alpha value is -4.43. The Kier molecular flexibility index (Phi) is 8.50. The van der Waals surface area contributed by atoms with E-state index in [1.54, 1.807) is 22.4 Å². The molecule has 2 aromatic heterocycles. The first-order valence-corrected chi connectivity index (χ1v) is 14.1. The third-order valence-electron chi connectivity index (χ3n) is 7.68. The maximum atomic E-state index is 13.5. The number of imidazole rings is 1. The number of pyridine rings is 1. The van der Waals surface area contributed by atoms with Crippen molar-refractivity contribution in [3.05, 3.63) is 107 Å². The van der Waals surface area contributed by atoms with Crippen LogP contribution in [0.4, 0.5) is 0 Å². The molecule has 1 fully saturated rings. The van der Waals surface area contributed by atoms with Gasteiger partial charge in [-0.15, -0.1) is 0 Å². The molecule has 1 unspecified atom stereocenters. The number of likely N-dealkylation sites (tertiary alicyclic amines) is 1. The molecule has 0 bridgehead atoms. The van der Waals surface area contributed by atoms with Crippen LogP contribution in [0.5, 0.6) is 5.75 Å². The van der Waals surface area contributed by atoms with Crippen LogP contribution in [0.2, 0.25) is 0 Å². The highest BCUT2D eigenvalue weighted by Gasteiger charge is 2.46. The third-order valence-corrected chi connectivity index (χ3v) is 7.68. The van der Waals surface area contributed by atoms with Crippen molar-refractivity contribution < 1.29 is 19.4 Å². The number of amides is 1. The van der Waals surface area contributed by atoms with Crippen molar-refractivity contribution in [3.63, 3.8) is 0 Å². The van der Waals surface area contributed by atoms with Crippen molar-refractivity contribution in [1.29, 1.82) is 0 Å². The maximum absolute atomic E-state index is 13.5. The van der Waals surface area contributed by atoms with Gasteiger partial charge in [0.1, 0.15) is 23.7 Å². The number of aryl methyl sites for hydroxylation is 1. The van der Waals surface area contributed by atoms with E-state index >= 15 is 0 Å². The Morgan fingerprint density at radius 2 is 1.68 bits per heavy atom. The Bertz CT molecular complexity index is 1560. The second-order valence-electron chi connectivity index (χ2n) is 10.2. The van der Waals surface area contributed by atoms with Crippen molar-refractivity contribution in [2.45, 2.75) is 39.8 Å². The number of hydrogen-bond donors (Lipinski definition) is 1. The molecule has 1 N–H and O–H groups in total. The highest BCUT2D eigenvalue weighted by Crippen LogP contribution is 2.40. The smallest absolute Gasteiger partial charge is 0.295 e. The van der Waals surface area contributed by atoms with Crippen LogP contribution in [0.3, 0.4) is 0 Å². The van der Waals surface area contributed by atoms with E-state index in [1.807, 2.05) is 72.8 Å². The van der Waals surface area contributed by atoms with Gasteiger partial charge in [0.25, 0.3) is 11.7 Å². The van der Waals surface area contributed by atoms with Crippen LogP contribution < -0.4 is 4.74 Å². The second kappa shape index (κ2) is 12.4. The highest BCUT2D eigenvalue weighted by molar-refractivity contribution is 6.46. The molecule has 4 aromatic rings. The molecule has 212 valence electrons. The number of benzene rings is 2. The number of carbonyl (C=O) groups excluding carboxylic acids is 2. The quantitative estimate of drug-likeness (QED) is 0.153. The first-order valence-electron chi connectivity index (χ1n) is 14.1. The largest absolute Gasteiger partial charge is 0.505 e. The molecule has 1 saturated heterocycles. The molecular formula is C33H36N4O4. The number of aliphatic hydroxyl groups is 1. The highest BCUT2D eigenvalue weighted by atomic mass is 16.5. The number of rotatable bonds is 11. The lowest BCUT2D eigenvalue weighted by atomic mass is 9.96. The molecule has 1 aliphatic heterocycles. The van der Waals surface area contributed by atoms with Gasteiger partial charge >= 0.3 is 0 Å². The number of Topliss-reactive ketones (excluding diaryl/α,β-unsaturated/α-hetero) is 1. The normalized spacial score (nSPS) is 16.7. The van der Waals surface area contributed by atoms with Gasteiger partial charge in [0.05, 0.1) is 17.3 Å². The first-order chi connectivity index (χ1) is 19.9. The molecule has 0 radical (unpaired) electrons. The zero-order valence-corrected chi connectivity index (χ0v) is 23.8. The van der Waals surface area contributed by atoms with Crippen LogP contribution in [-0.2, 0) is 16.2 Å². The summed E-state index contributed by atoms with van der Waals surface area (Å²) in [4.78, 5) is 35.4. The van der Waals surface area contributed by atoms with Crippen LogP contribution >= 0.6 is 0 Å². The Morgan fingerprint density at radius 1 is 0.976 bits per heavy atom. The summed E-state index contributed by atoms with van der Waals surface area (Å²) in [6.45, 7) is 9.45. The van der Waals surface area contributed by atoms with Gasteiger partial charge in [-0.3, -0.25) is 14.0 Å². The van der Waals surface area contributed by atoms with Gasteiger partial charge in [-0.05, 0) is 68.4 Å². The van der Waals surface area contributed by atoms with Gasteiger partial charge in [0.15, 0.2) is 5.76 Å². The molecule has 8 heteroatoms. The summed E-state index contributed by atoms with van der Waals surface area (Å²) >= 11 is 0. The molecular weight excluding hydrogens is 516 g/mol. The van der Waals surface area contributed by atoms with Crippen LogP contribution in [0, 0.1) is 6.92 Å².